The van der Waals surface area contributed by atoms with E-state index < -0.39 is 0 Å². The summed E-state index contributed by atoms with van der Waals surface area (Å²) < 4.78 is 5.11. The van der Waals surface area contributed by atoms with Crippen molar-refractivity contribution in [3.63, 3.8) is 0 Å². The van der Waals surface area contributed by atoms with Gasteiger partial charge in [-0.2, -0.15) is 0 Å². The lowest BCUT2D eigenvalue weighted by Crippen LogP contribution is -2.11. The number of aromatic hydroxyl groups is 1. The Labute approximate surface area is 159 Å². The van der Waals surface area contributed by atoms with E-state index in [0.717, 1.165) is 5.56 Å². The van der Waals surface area contributed by atoms with Crippen molar-refractivity contribution < 1.29 is 14.6 Å². The van der Waals surface area contributed by atoms with Crippen molar-refractivity contribution in [3.8, 4) is 11.5 Å². The standard InChI is InChI=1S/C18H16ClN3O3S/c1-10-4-3-5-14(19)16(10)22-17(24)15-9-20-18(26-15)21-11-6-12(23)8-13(7-11)25-2/h3-9,23H,1-2H3,(H,20,21)(H,22,24). The zero-order chi connectivity index (χ0) is 18.7. The normalized spacial score (nSPS) is 10.4. The number of benzene rings is 2. The van der Waals surface area contributed by atoms with Gasteiger partial charge in [-0.1, -0.05) is 35.1 Å². The first-order valence-corrected chi connectivity index (χ1v) is 8.83. The molecule has 2 aromatic carbocycles. The molecule has 0 fully saturated rings. The number of methoxy groups -OCH3 is 1. The topological polar surface area (TPSA) is 83.5 Å². The summed E-state index contributed by atoms with van der Waals surface area (Å²) in [6, 6.07) is 10.2. The number of phenols is 1. The van der Waals surface area contributed by atoms with Gasteiger partial charge >= 0.3 is 0 Å². The summed E-state index contributed by atoms with van der Waals surface area (Å²) in [5.41, 5.74) is 2.06. The van der Waals surface area contributed by atoms with Gasteiger partial charge in [0.15, 0.2) is 5.13 Å². The SMILES string of the molecule is COc1cc(O)cc(Nc2ncc(C(=O)Nc3c(C)cccc3Cl)s2)c1. The van der Waals surface area contributed by atoms with Gasteiger partial charge in [-0.3, -0.25) is 4.79 Å². The highest BCUT2D eigenvalue weighted by Crippen LogP contribution is 2.30. The highest BCUT2D eigenvalue weighted by Gasteiger charge is 2.14. The number of carbonyl (C=O) groups excluding carboxylic acids is 1. The van der Waals surface area contributed by atoms with Gasteiger partial charge in [0.25, 0.3) is 5.91 Å². The van der Waals surface area contributed by atoms with Crippen LogP contribution in [0.3, 0.4) is 0 Å². The summed E-state index contributed by atoms with van der Waals surface area (Å²) in [5.74, 6) is 0.284. The van der Waals surface area contributed by atoms with E-state index in [1.807, 2.05) is 19.1 Å². The van der Waals surface area contributed by atoms with Crippen molar-refractivity contribution in [2.75, 3.05) is 17.7 Å². The van der Waals surface area contributed by atoms with Crippen molar-refractivity contribution in [2.24, 2.45) is 0 Å². The van der Waals surface area contributed by atoms with Crippen LogP contribution in [0.25, 0.3) is 0 Å². The zero-order valence-corrected chi connectivity index (χ0v) is 15.6. The number of para-hydroxylation sites is 1. The minimum Gasteiger partial charge on any atom is -0.508 e. The van der Waals surface area contributed by atoms with Gasteiger partial charge < -0.3 is 20.5 Å². The molecular formula is C18H16ClN3O3S. The predicted octanol–water partition coefficient (Wildman–Crippen LogP) is 4.82. The number of hydrogen-bond acceptors (Lipinski definition) is 6. The fourth-order valence-electron chi connectivity index (χ4n) is 2.30. The van der Waals surface area contributed by atoms with E-state index in [0.29, 0.717) is 32.2 Å². The molecule has 0 saturated carbocycles. The molecule has 8 heteroatoms. The number of ether oxygens (including phenoxy) is 1. The Hall–Kier alpha value is -2.77. The molecule has 134 valence electrons. The lowest BCUT2D eigenvalue weighted by molar-refractivity contribution is 0.103. The number of halogens is 1. The van der Waals surface area contributed by atoms with E-state index in [4.69, 9.17) is 16.3 Å². The molecule has 0 aliphatic rings. The number of carbonyl (C=O) groups is 1. The first-order chi connectivity index (χ1) is 12.5. The molecule has 3 rings (SSSR count). The Kier molecular flexibility index (Phi) is 5.29. The van der Waals surface area contributed by atoms with Gasteiger partial charge in [0.2, 0.25) is 0 Å². The average molecular weight is 390 g/mol. The van der Waals surface area contributed by atoms with Crippen molar-refractivity contribution in [3.05, 3.63) is 58.1 Å². The van der Waals surface area contributed by atoms with Crippen LogP contribution in [0.1, 0.15) is 15.2 Å². The van der Waals surface area contributed by atoms with Crippen LogP contribution in [0.4, 0.5) is 16.5 Å². The van der Waals surface area contributed by atoms with Crippen LogP contribution in [-0.4, -0.2) is 23.1 Å². The second kappa shape index (κ2) is 7.63. The Morgan fingerprint density at radius 3 is 2.85 bits per heavy atom. The van der Waals surface area contributed by atoms with Crippen LogP contribution in [0, 0.1) is 6.92 Å². The maximum atomic E-state index is 12.5. The minimum atomic E-state index is -0.291. The molecular weight excluding hydrogens is 374 g/mol. The first kappa shape index (κ1) is 18.0. The summed E-state index contributed by atoms with van der Waals surface area (Å²) in [7, 11) is 1.51. The first-order valence-electron chi connectivity index (χ1n) is 7.63. The highest BCUT2D eigenvalue weighted by molar-refractivity contribution is 7.17. The Morgan fingerprint density at radius 2 is 2.12 bits per heavy atom. The number of aromatic nitrogens is 1. The summed E-state index contributed by atoms with van der Waals surface area (Å²) in [6.07, 6.45) is 1.48. The monoisotopic (exact) mass is 389 g/mol. The van der Waals surface area contributed by atoms with E-state index in [1.165, 1.54) is 36.8 Å². The maximum absolute atomic E-state index is 12.5. The number of rotatable bonds is 5. The van der Waals surface area contributed by atoms with Crippen LogP contribution in [0.2, 0.25) is 5.02 Å². The Balaban J connectivity index is 1.75. The molecule has 3 aromatic rings. The molecule has 0 aliphatic carbocycles. The third kappa shape index (κ3) is 4.07. The fourth-order valence-corrected chi connectivity index (χ4v) is 3.30. The molecule has 6 nitrogen and oxygen atoms in total. The van der Waals surface area contributed by atoms with Gasteiger partial charge in [0, 0.05) is 23.9 Å². The number of nitrogens with one attached hydrogen (secondary N) is 2. The van der Waals surface area contributed by atoms with E-state index in [9.17, 15) is 9.90 Å². The van der Waals surface area contributed by atoms with Crippen molar-refractivity contribution in [1.29, 1.82) is 0 Å². The molecule has 0 unspecified atom stereocenters. The summed E-state index contributed by atoms with van der Waals surface area (Å²) in [4.78, 5) is 17.1. The smallest absolute Gasteiger partial charge is 0.267 e. The minimum absolute atomic E-state index is 0.0653. The van der Waals surface area contributed by atoms with Gasteiger partial charge in [-0.05, 0) is 18.6 Å². The number of aryl methyl sites for hydroxylation is 1. The number of thiazole rings is 1. The molecule has 0 bridgehead atoms. The molecule has 1 aromatic heterocycles. The van der Waals surface area contributed by atoms with Crippen molar-refractivity contribution in [2.45, 2.75) is 6.92 Å². The Bertz CT molecular complexity index is 938. The van der Waals surface area contributed by atoms with Crippen LogP contribution < -0.4 is 15.4 Å². The van der Waals surface area contributed by atoms with E-state index >= 15 is 0 Å². The molecule has 0 radical (unpaired) electrons. The number of anilines is 3. The quantitative estimate of drug-likeness (QED) is 0.583. The molecule has 3 N–H and O–H groups in total. The highest BCUT2D eigenvalue weighted by atomic mass is 35.5. The van der Waals surface area contributed by atoms with Crippen LogP contribution >= 0.6 is 22.9 Å². The second-order valence-electron chi connectivity index (χ2n) is 5.46. The molecule has 1 amide bonds. The van der Waals surface area contributed by atoms with Gasteiger partial charge in [-0.25, -0.2) is 4.98 Å². The van der Waals surface area contributed by atoms with E-state index in [1.54, 1.807) is 12.1 Å². The number of hydrogen-bond donors (Lipinski definition) is 3. The summed E-state index contributed by atoms with van der Waals surface area (Å²) in [5, 5.41) is 16.5. The lowest BCUT2D eigenvalue weighted by Gasteiger charge is -2.09. The van der Waals surface area contributed by atoms with Crippen LogP contribution in [-0.2, 0) is 0 Å². The second-order valence-corrected chi connectivity index (χ2v) is 6.90. The third-order valence-electron chi connectivity index (χ3n) is 3.57. The summed E-state index contributed by atoms with van der Waals surface area (Å²) >= 11 is 7.33. The number of phenolic OH excluding ortho intramolecular Hbond substituents is 1. The Morgan fingerprint density at radius 1 is 1.31 bits per heavy atom. The van der Waals surface area contributed by atoms with Crippen molar-refractivity contribution in [1.82, 2.24) is 4.98 Å². The largest absolute Gasteiger partial charge is 0.508 e. The average Bonchev–Trinajstić information content (AvgIpc) is 3.06. The number of nitrogens with zero attached hydrogens (tertiary/aromatic N) is 1. The fraction of sp³-hybridized carbons (Fsp3) is 0.111. The van der Waals surface area contributed by atoms with Gasteiger partial charge in [0.05, 0.1) is 24.0 Å². The lowest BCUT2D eigenvalue weighted by atomic mass is 10.2. The van der Waals surface area contributed by atoms with E-state index in [2.05, 4.69) is 15.6 Å². The molecule has 1 heterocycles. The maximum Gasteiger partial charge on any atom is 0.267 e. The van der Waals surface area contributed by atoms with Crippen LogP contribution in [0.15, 0.2) is 42.6 Å². The third-order valence-corrected chi connectivity index (χ3v) is 4.79. The predicted molar refractivity (Wildman–Crippen MR) is 104 cm³/mol. The van der Waals surface area contributed by atoms with E-state index in [-0.39, 0.29) is 11.7 Å². The molecule has 0 saturated heterocycles. The van der Waals surface area contributed by atoms with Crippen LogP contribution in [0.5, 0.6) is 11.5 Å². The summed E-state index contributed by atoms with van der Waals surface area (Å²) in [6.45, 7) is 1.87. The molecule has 0 spiro atoms. The number of amides is 1. The van der Waals surface area contributed by atoms with Gasteiger partial charge in [-0.15, -0.1) is 0 Å². The van der Waals surface area contributed by atoms with Gasteiger partial charge in [0.1, 0.15) is 16.4 Å². The molecule has 26 heavy (non-hydrogen) atoms. The molecule has 0 atom stereocenters. The zero-order valence-electron chi connectivity index (χ0n) is 14.0. The van der Waals surface area contributed by atoms with Crippen molar-refractivity contribution >= 4 is 45.4 Å². The molecule has 0 aliphatic heterocycles.